The van der Waals surface area contributed by atoms with E-state index < -0.39 is 6.10 Å². The minimum atomic E-state index is -0.549. The molecule has 1 aromatic rings. The van der Waals surface area contributed by atoms with Crippen molar-refractivity contribution >= 4 is 11.6 Å². The Bertz CT molecular complexity index is 565. The number of benzene rings is 1. The third-order valence-corrected chi connectivity index (χ3v) is 4.59. The van der Waals surface area contributed by atoms with Gasteiger partial charge < -0.3 is 9.74 Å². The summed E-state index contributed by atoms with van der Waals surface area (Å²) in [7, 11) is 1.86. The van der Waals surface area contributed by atoms with Crippen LogP contribution >= 0.6 is 0 Å². The number of likely N-dealkylation sites (N-methyl/N-ethyl adjacent to an activating group) is 1. The number of nitrogens with zero attached hydrogens (tertiary/aromatic N) is 2. The minimum absolute atomic E-state index is 0.00670. The lowest BCUT2D eigenvalue weighted by Gasteiger charge is -2.32. The Labute approximate surface area is 129 Å². The van der Waals surface area contributed by atoms with Crippen molar-refractivity contribution in [3.63, 3.8) is 0 Å². The molecule has 3 rings (SSSR count). The van der Waals surface area contributed by atoms with Gasteiger partial charge in [0.1, 0.15) is 5.82 Å². The molecule has 0 aromatic heterocycles. The van der Waals surface area contributed by atoms with Gasteiger partial charge in [-0.1, -0.05) is 36.6 Å². The van der Waals surface area contributed by atoms with Crippen LogP contribution in [0.1, 0.15) is 44.1 Å². The molecule has 1 aromatic carbocycles. The van der Waals surface area contributed by atoms with E-state index in [4.69, 9.17) is 4.84 Å². The van der Waals surface area contributed by atoms with Crippen molar-refractivity contribution in [3.05, 3.63) is 35.6 Å². The summed E-state index contributed by atoms with van der Waals surface area (Å²) in [6, 6.07) is 6.42. The summed E-state index contributed by atoms with van der Waals surface area (Å²) in [5, 5.41) is 4.01. The van der Waals surface area contributed by atoms with Crippen LogP contribution < -0.4 is 0 Å². The van der Waals surface area contributed by atoms with Crippen molar-refractivity contribution in [2.75, 3.05) is 7.05 Å². The maximum Gasteiger partial charge on any atom is 0.266 e. The fourth-order valence-electron chi connectivity index (χ4n) is 3.20. The average molecular weight is 304 g/mol. The van der Waals surface area contributed by atoms with E-state index in [-0.39, 0.29) is 11.7 Å². The van der Waals surface area contributed by atoms with Crippen LogP contribution in [-0.2, 0) is 9.63 Å². The van der Waals surface area contributed by atoms with E-state index >= 15 is 0 Å². The van der Waals surface area contributed by atoms with E-state index in [0.29, 0.717) is 18.2 Å². The maximum atomic E-state index is 13.0. The molecular weight excluding hydrogens is 283 g/mol. The molecule has 1 unspecified atom stereocenters. The predicted octanol–water partition coefficient (Wildman–Crippen LogP) is 3.11. The SMILES string of the molecule is CN(C(=O)C1CC(c2ccc(F)cc2)=NO1)C1CCCCC1. The Morgan fingerprint density at radius 1 is 1.23 bits per heavy atom. The van der Waals surface area contributed by atoms with Gasteiger partial charge >= 0.3 is 0 Å². The summed E-state index contributed by atoms with van der Waals surface area (Å²) in [4.78, 5) is 19.7. The third-order valence-electron chi connectivity index (χ3n) is 4.59. The van der Waals surface area contributed by atoms with Crippen LogP contribution in [-0.4, -0.2) is 35.7 Å². The van der Waals surface area contributed by atoms with Crippen LogP contribution in [0, 0.1) is 5.82 Å². The first kappa shape index (κ1) is 15.0. The molecule has 118 valence electrons. The van der Waals surface area contributed by atoms with Crippen molar-refractivity contribution in [1.29, 1.82) is 0 Å². The minimum Gasteiger partial charge on any atom is -0.382 e. The molecule has 2 aliphatic rings. The van der Waals surface area contributed by atoms with Gasteiger partial charge in [0.15, 0.2) is 0 Å². The molecule has 1 amide bonds. The number of oxime groups is 1. The number of carbonyl (C=O) groups excluding carboxylic acids is 1. The highest BCUT2D eigenvalue weighted by Crippen LogP contribution is 2.24. The van der Waals surface area contributed by atoms with Gasteiger partial charge in [-0.15, -0.1) is 0 Å². The highest BCUT2D eigenvalue weighted by atomic mass is 19.1. The van der Waals surface area contributed by atoms with Gasteiger partial charge in [-0.05, 0) is 30.5 Å². The summed E-state index contributed by atoms with van der Waals surface area (Å²) < 4.78 is 13.0. The Hall–Kier alpha value is -1.91. The molecule has 0 saturated heterocycles. The van der Waals surface area contributed by atoms with Gasteiger partial charge in [0.05, 0.1) is 5.71 Å². The van der Waals surface area contributed by atoms with E-state index in [2.05, 4.69) is 5.16 Å². The summed E-state index contributed by atoms with van der Waals surface area (Å²) in [5.41, 5.74) is 1.51. The highest BCUT2D eigenvalue weighted by molar-refractivity contribution is 6.04. The third kappa shape index (κ3) is 3.13. The Balaban J connectivity index is 1.60. The fraction of sp³-hybridized carbons (Fsp3) is 0.529. The molecule has 22 heavy (non-hydrogen) atoms. The van der Waals surface area contributed by atoms with E-state index in [1.54, 1.807) is 12.1 Å². The first-order valence-electron chi connectivity index (χ1n) is 7.90. The molecule has 1 aliphatic heterocycles. The Morgan fingerprint density at radius 3 is 2.59 bits per heavy atom. The second-order valence-corrected chi connectivity index (χ2v) is 6.08. The standard InChI is InChI=1S/C17H21FN2O2/c1-20(14-5-3-2-4-6-14)17(21)16-11-15(19-22-16)12-7-9-13(18)10-8-12/h7-10,14,16H,2-6,11H2,1H3. The number of hydrogen-bond acceptors (Lipinski definition) is 3. The number of halogens is 1. The van der Waals surface area contributed by atoms with Crippen molar-refractivity contribution < 1.29 is 14.0 Å². The first-order chi connectivity index (χ1) is 10.6. The van der Waals surface area contributed by atoms with Crippen molar-refractivity contribution in [1.82, 2.24) is 4.90 Å². The summed E-state index contributed by atoms with van der Waals surface area (Å²) in [5.74, 6) is -0.291. The second kappa shape index (κ2) is 6.46. The molecule has 1 saturated carbocycles. The second-order valence-electron chi connectivity index (χ2n) is 6.08. The van der Waals surface area contributed by atoms with Gasteiger partial charge in [-0.2, -0.15) is 0 Å². The topological polar surface area (TPSA) is 41.9 Å². The Morgan fingerprint density at radius 2 is 1.91 bits per heavy atom. The van der Waals surface area contributed by atoms with Crippen molar-refractivity contribution in [3.8, 4) is 0 Å². The van der Waals surface area contributed by atoms with Crippen LogP contribution in [0.25, 0.3) is 0 Å². The van der Waals surface area contributed by atoms with Crippen molar-refractivity contribution in [2.24, 2.45) is 5.16 Å². The summed E-state index contributed by atoms with van der Waals surface area (Å²) in [6.07, 6.45) is 5.67. The monoisotopic (exact) mass is 304 g/mol. The molecule has 0 radical (unpaired) electrons. The number of hydrogen-bond donors (Lipinski definition) is 0. The predicted molar refractivity (Wildman–Crippen MR) is 82.1 cm³/mol. The lowest BCUT2D eigenvalue weighted by atomic mass is 9.94. The molecule has 0 N–H and O–H groups in total. The van der Waals surface area contributed by atoms with Crippen LogP contribution in [0.15, 0.2) is 29.4 Å². The largest absolute Gasteiger partial charge is 0.382 e. The van der Waals surface area contributed by atoms with Crippen LogP contribution in [0.5, 0.6) is 0 Å². The van der Waals surface area contributed by atoms with Gasteiger partial charge in [0.25, 0.3) is 5.91 Å². The van der Waals surface area contributed by atoms with Gasteiger partial charge in [-0.3, -0.25) is 4.79 Å². The first-order valence-corrected chi connectivity index (χ1v) is 7.90. The molecule has 1 aliphatic carbocycles. The van der Waals surface area contributed by atoms with Crippen LogP contribution in [0.4, 0.5) is 4.39 Å². The number of carbonyl (C=O) groups is 1. The Kier molecular flexibility index (Phi) is 4.41. The van der Waals surface area contributed by atoms with E-state index in [1.165, 1.54) is 31.4 Å². The van der Waals surface area contributed by atoms with E-state index in [1.807, 2.05) is 11.9 Å². The van der Waals surface area contributed by atoms with Crippen LogP contribution in [0.2, 0.25) is 0 Å². The zero-order chi connectivity index (χ0) is 15.5. The number of rotatable bonds is 3. The zero-order valence-corrected chi connectivity index (χ0v) is 12.8. The summed E-state index contributed by atoms with van der Waals surface area (Å²) >= 11 is 0. The lowest BCUT2D eigenvalue weighted by Crippen LogP contribution is -2.43. The molecule has 1 heterocycles. The average Bonchev–Trinajstić information content (AvgIpc) is 3.05. The molecule has 1 fully saturated rings. The van der Waals surface area contributed by atoms with E-state index in [9.17, 15) is 9.18 Å². The molecule has 0 bridgehead atoms. The molecule has 0 spiro atoms. The lowest BCUT2D eigenvalue weighted by molar-refractivity contribution is -0.143. The normalized spacial score (nSPS) is 22.1. The fourth-order valence-corrected chi connectivity index (χ4v) is 3.20. The zero-order valence-electron chi connectivity index (χ0n) is 12.8. The van der Waals surface area contributed by atoms with Crippen molar-refractivity contribution in [2.45, 2.75) is 50.7 Å². The van der Waals surface area contributed by atoms with Gasteiger partial charge in [-0.25, -0.2) is 4.39 Å². The molecule has 4 nitrogen and oxygen atoms in total. The molecule has 5 heteroatoms. The molecule has 1 atom stereocenters. The van der Waals surface area contributed by atoms with Crippen LogP contribution in [0.3, 0.4) is 0 Å². The van der Waals surface area contributed by atoms with Gasteiger partial charge in [0.2, 0.25) is 6.10 Å². The van der Waals surface area contributed by atoms with Gasteiger partial charge in [0, 0.05) is 19.5 Å². The highest BCUT2D eigenvalue weighted by Gasteiger charge is 2.33. The smallest absolute Gasteiger partial charge is 0.266 e. The summed E-state index contributed by atoms with van der Waals surface area (Å²) in [6.45, 7) is 0. The maximum absolute atomic E-state index is 13.0. The molecular formula is C17H21FN2O2. The van der Waals surface area contributed by atoms with E-state index in [0.717, 1.165) is 18.4 Å². The quantitative estimate of drug-likeness (QED) is 0.861. The number of amides is 1.